The van der Waals surface area contributed by atoms with Gasteiger partial charge in [0.25, 0.3) is 0 Å². The molecule has 0 saturated carbocycles. The molecular weight excluding hydrogens is 132 g/mol. The quantitative estimate of drug-likeness (QED) is 0.501. The van der Waals surface area contributed by atoms with E-state index in [0.717, 1.165) is 0 Å². The van der Waals surface area contributed by atoms with E-state index in [-0.39, 0.29) is 12.6 Å². The number of aliphatic hydroxyl groups excluding tert-OH is 1. The lowest BCUT2D eigenvalue weighted by molar-refractivity contribution is -0.126. The number of hydrogen-bond donors (Lipinski definition) is 2. The molecule has 4 nitrogen and oxygen atoms in total. The fourth-order valence-corrected chi connectivity index (χ4v) is 0.952. The maximum Gasteiger partial charge on any atom is 0.241 e. The molecule has 0 atom stereocenters. The third kappa shape index (κ3) is 0.892. The summed E-state index contributed by atoms with van der Waals surface area (Å²) in [4.78, 5) is 12.7. The van der Waals surface area contributed by atoms with Crippen molar-refractivity contribution in [1.29, 1.82) is 0 Å². The van der Waals surface area contributed by atoms with Crippen molar-refractivity contribution in [2.75, 3.05) is 13.4 Å². The van der Waals surface area contributed by atoms with Gasteiger partial charge in [-0.3, -0.25) is 4.79 Å². The molecular formula is C6H12N2O2. The average molecular weight is 144 g/mol. The van der Waals surface area contributed by atoms with Gasteiger partial charge >= 0.3 is 0 Å². The minimum Gasteiger partial charge on any atom is -0.381 e. The molecule has 1 fully saturated rings. The Morgan fingerprint density at radius 3 is 2.60 bits per heavy atom. The van der Waals surface area contributed by atoms with E-state index in [9.17, 15) is 4.79 Å². The maximum absolute atomic E-state index is 11.0. The molecule has 4 heteroatoms. The number of carbonyl (C=O) groups excluding carboxylic acids is 1. The molecule has 1 rings (SSSR count). The van der Waals surface area contributed by atoms with E-state index in [0.29, 0.717) is 6.67 Å². The van der Waals surface area contributed by atoms with Crippen molar-refractivity contribution < 1.29 is 9.90 Å². The van der Waals surface area contributed by atoms with Gasteiger partial charge in [0.2, 0.25) is 5.91 Å². The monoisotopic (exact) mass is 144 g/mol. The molecule has 0 aromatic heterocycles. The molecule has 1 heterocycles. The largest absolute Gasteiger partial charge is 0.381 e. The highest BCUT2D eigenvalue weighted by Crippen LogP contribution is 2.17. The fraction of sp³-hybridized carbons (Fsp3) is 0.833. The Morgan fingerprint density at radius 2 is 2.40 bits per heavy atom. The molecule has 1 saturated heterocycles. The van der Waals surface area contributed by atoms with Crippen LogP contribution < -0.4 is 5.32 Å². The highest BCUT2D eigenvalue weighted by Gasteiger charge is 2.39. The highest BCUT2D eigenvalue weighted by molar-refractivity contribution is 5.87. The summed E-state index contributed by atoms with van der Waals surface area (Å²) in [5, 5.41) is 11.4. The Kier molecular flexibility index (Phi) is 1.66. The van der Waals surface area contributed by atoms with Crippen LogP contribution in [0.4, 0.5) is 0 Å². The summed E-state index contributed by atoms with van der Waals surface area (Å²) in [6.07, 6.45) is 0. The van der Waals surface area contributed by atoms with Gasteiger partial charge in [-0.1, -0.05) is 0 Å². The Balaban J connectivity index is 2.73. The summed E-state index contributed by atoms with van der Waals surface area (Å²) in [6, 6.07) is 0. The zero-order chi connectivity index (χ0) is 7.78. The highest BCUT2D eigenvalue weighted by atomic mass is 16.3. The van der Waals surface area contributed by atoms with Gasteiger partial charge in [0, 0.05) is 0 Å². The molecule has 1 aliphatic heterocycles. The Morgan fingerprint density at radius 1 is 1.80 bits per heavy atom. The number of rotatable bonds is 1. The van der Waals surface area contributed by atoms with Gasteiger partial charge in [-0.25, -0.2) is 4.90 Å². The zero-order valence-electron chi connectivity index (χ0n) is 6.22. The van der Waals surface area contributed by atoms with E-state index in [2.05, 4.69) is 5.32 Å². The number of carbonyl (C=O) groups is 1. The standard InChI is InChI=1S/C6H12N2O2/c1-6(2)5(10)7-3-8(6)4-9/h9H,3-4H2,1-2H3,(H,7,10). The molecule has 1 amide bonds. The number of hydrogen-bond acceptors (Lipinski definition) is 3. The van der Waals surface area contributed by atoms with Crippen molar-refractivity contribution >= 4 is 5.91 Å². The SMILES string of the molecule is CC1(C)C(=O)NCN1CO. The predicted octanol–water partition coefficient (Wildman–Crippen LogP) is -0.896. The van der Waals surface area contributed by atoms with Gasteiger partial charge in [-0.2, -0.15) is 0 Å². The number of aliphatic hydroxyl groups is 1. The van der Waals surface area contributed by atoms with E-state index in [4.69, 9.17) is 5.11 Å². The lowest BCUT2D eigenvalue weighted by atomic mass is 10.1. The minimum absolute atomic E-state index is 0.0263. The normalized spacial score (nSPS) is 24.9. The van der Waals surface area contributed by atoms with Crippen molar-refractivity contribution in [1.82, 2.24) is 10.2 Å². The molecule has 1 aliphatic rings. The molecule has 0 radical (unpaired) electrons. The van der Waals surface area contributed by atoms with E-state index < -0.39 is 5.54 Å². The molecule has 0 aromatic rings. The van der Waals surface area contributed by atoms with Crippen LogP contribution in [0.2, 0.25) is 0 Å². The van der Waals surface area contributed by atoms with Crippen LogP contribution in [0.25, 0.3) is 0 Å². The smallest absolute Gasteiger partial charge is 0.241 e. The third-order valence-electron chi connectivity index (χ3n) is 1.95. The zero-order valence-corrected chi connectivity index (χ0v) is 6.22. The second-order valence-electron chi connectivity index (χ2n) is 2.90. The van der Waals surface area contributed by atoms with Gasteiger partial charge in [-0.05, 0) is 13.8 Å². The van der Waals surface area contributed by atoms with E-state index in [1.54, 1.807) is 18.7 Å². The molecule has 0 aliphatic carbocycles. The summed E-state index contributed by atoms with van der Waals surface area (Å²) in [7, 11) is 0. The van der Waals surface area contributed by atoms with Gasteiger partial charge in [-0.15, -0.1) is 0 Å². The summed E-state index contributed by atoms with van der Waals surface area (Å²) in [5.41, 5.74) is -0.547. The Labute approximate surface area is 59.8 Å². The van der Waals surface area contributed by atoms with Crippen molar-refractivity contribution in [2.24, 2.45) is 0 Å². The van der Waals surface area contributed by atoms with Crippen LogP contribution in [0, 0.1) is 0 Å². The molecule has 0 unspecified atom stereocenters. The first-order valence-electron chi connectivity index (χ1n) is 3.23. The Bertz CT molecular complexity index is 156. The lowest BCUT2D eigenvalue weighted by Crippen LogP contribution is -2.43. The van der Waals surface area contributed by atoms with Crippen molar-refractivity contribution in [3.63, 3.8) is 0 Å². The first-order valence-corrected chi connectivity index (χ1v) is 3.23. The maximum atomic E-state index is 11.0. The van der Waals surface area contributed by atoms with E-state index >= 15 is 0 Å². The van der Waals surface area contributed by atoms with Crippen LogP contribution in [0.1, 0.15) is 13.8 Å². The third-order valence-corrected chi connectivity index (χ3v) is 1.95. The van der Waals surface area contributed by atoms with E-state index in [1.807, 2.05) is 0 Å². The molecule has 2 N–H and O–H groups in total. The number of nitrogens with zero attached hydrogens (tertiary/aromatic N) is 1. The minimum atomic E-state index is -0.547. The predicted molar refractivity (Wildman–Crippen MR) is 36.0 cm³/mol. The van der Waals surface area contributed by atoms with Crippen LogP contribution in [0.5, 0.6) is 0 Å². The summed E-state index contributed by atoms with van der Waals surface area (Å²) in [5.74, 6) is -0.0263. The number of nitrogens with one attached hydrogen (secondary N) is 1. The van der Waals surface area contributed by atoms with Crippen LogP contribution in [-0.4, -0.2) is 34.9 Å². The second kappa shape index (κ2) is 2.21. The second-order valence-corrected chi connectivity index (χ2v) is 2.90. The van der Waals surface area contributed by atoms with Crippen molar-refractivity contribution in [3.05, 3.63) is 0 Å². The van der Waals surface area contributed by atoms with Gasteiger partial charge in [0.1, 0.15) is 0 Å². The van der Waals surface area contributed by atoms with Gasteiger partial charge < -0.3 is 10.4 Å². The molecule has 0 spiro atoms. The topological polar surface area (TPSA) is 52.6 Å². The molecule has 58 valence electrons. The van der Waals surface area contributed by atoms with Crippen LogP contribution in [0.3, 0.4) is 0 Å². The van der Waals surface area contributed by atoms with E-state index in [1.165, 1.54) is 0 Å². The number of amides is 1. The van der Waals surface area contributed by atoms with Crippen LogP contribution >= 0.6 is 0 Å². The van der Waals surface area contributed by atoms with Crippen LogP contribution in [-0.2, 0) is 4.79 Å². The molecule has 0 aromatic carbocycles. The summed E-state index contributed by atoms with van der Waals surface area (Å²) in [6.45, 7) is 3.94. The van der Waals surface area contributed by atoms with Crippen molar-refractivity contribution in [3.8, 4) is 0 Å². The van der Waals surface area contributed by atoms with Crippen LogP contribution in [0.15, 0.2) is 0 Å². The van der Waals surface area contributed by atoms with Crippen molar-refractivity contribution in [2.45, 2.75) is 19.4 Å². The molecule has 0 bridgehead atoms. The first-order chi connectivity index (χ1) is 4.59. The first kappa shape index (κ1) is 7.50. The van der Waals surface area contributed by atoms with Gasteiger partial charge in [0.15, 0.2) is 0 Å². The van der Waals surface area contributed by atoms with Gasteiger partial charge in [0.05, 0.1) is 18.9 Å². The lowest BCUT2D eigenvalue weighted by Gasteiger charge is -2.24. The average Bonchev–Trinajstić information content (AvgIpc) is 2.10. The summed E-state index contributed by atoms with van der Waals surface area (Å²) < 4.78 is 0. The fourth-order valence-electron chi connectivity index (χ4n) is 0.952. The Hall–Kier alpha value is -0.610. The molecule has 10 heavy (non-hydrogen) atoms. The summed E-state index contributed by atoms with van der Waals surface area (Å²) >= 11 is 0.